The zero-order chi connectivity index (χ0) is 10.6. The van der Waals surface area contributed by atoms with Crippen LogP contribution < -0.4 is 0 Å². The van der Waals surface area contributed by atoms with Crippen molar-refractivity contribution in [1.82, 2.24) is 0 Å². The van der Waals surface area contributed by atoms with E-state index in [1.165, 1.54) is 12.1 Å². The quantitative estimate of drug-likeness (QED) is 0.450. The van der Waals surface area contributed by atoms with Crippen LogP contribution in [0.4, 0.5) is 5.69 Å². The molecule has 0 heterocycles. The number of phenols is 1. The number of phenolic OH excluding ortho intramolecular Hbond substituents is 1. The average Bonchev–Trinajstić information content (AvgIpc) is 2.16. The Labute approximate surface area is 81.3 Å². The first-order valence-corrected chi connectivity index (χ1v) is 4.05. The van der Waals surface area contributed by atoms with E-state index < -0.39 is 4.92 Å². The highest BCUT2D eigenvalue weighted by Crippen LogP contribution is 2.26. The molecule has 0 amide bonds. The van der Waals surface area contributed by atoms with Gasteiger partial charge in [0.2, 0.25) is 0 Å². The van der Waals surface area contributed by atoms with Gasteiger partial charge >= 0.3 is 5.69 Å². The van der Waals surface area contributed by atoms with Gasteiger partial charge in [0.1, 0.15) is 0 Å². The molecular formula is C10H9NO3. The van der Waals surface area contributed by atoms with Crippen LogP contribution in [0.2, 0.25) is 0 Å². The van der Waals surface area contributed by atoms with Gasteiger partial charge in [0.25, 0.3) is 0 Å². The minimum absolute atomic E-state index is 0.278. The second kappa shape index (κ2) is 4.28. The Balaban J connectivity index is 2.96. The summed E-state index contributed by atoms with van der Waals surface area (Å²) in [6.45, 7) is 0. The van der Waals surface area contributed by atoms with Crippen molar-refractivity contribution < 1.29 is 10.0 Å². The summed E-state index contributed by atoms with van der Waals surface area (Å²) in [5, 5.41) is 19.6. The Morgan fingerprint density at radius 1 is 1.57 bits per heavy atom. The molecule has 0 fully saturated rings. The number of aryl methyl sites for hydroxylation is 1. The summed E-state index contributed by atoms with van der Waals surface area (Å²) in [6.07, 6.45) is 6.18. The maximum Gasteiger partial charge on any atom is 0.310 e. The summed E-state index contributed by atoms with van der Waals surface area (Å²) in [6, 6.07) is 4.27. The highest BCUT2D eigenvalue weighted by molar-refractivity contribution is 5.47. The molecule has 0 radical (unpaired) electrons. The lowest BCUT2D eigenvalue weighted by Gasteiger charge is -1.99. The van der Waals surface area contributed by atoms with Gasteiger partial charge in [-0.25, -0.2) is 0 Å². The molecule has 1 aromatic rings. The van der Waals surface area contributed by atoms with Crippen molar-refractivity contribution in [2.75, 3.05) is 0 Å². The lowest BCUT2D eigenvalue weighted by molar-refractivity contribution is -0.385. The van der Waals surface area contributed by atoms with Crippen LogP contribution in [0.15, 0.2) is 18.2 Å². The van der Waals surface area contributed by atoms with Crippen LogP contribution >= 0.6 is 0 Å². The molecule has 4 nitrogen and oxygen atoms in total. The molecule has 0 aliphatic carbocycles. The molecule has 1 rings (SSSR count). The van der Waals surface area contributed by atoms with E-state index in [0.29, 0.717) is 12.8 Å². The number of nitro benzene ring substituents is 1. The third-order valence-electron chi connectivity index (χ3n) is 1.79. The van der Waals surface area contributed by atoms with Crippen molar-refractivity contribution in [3.63, 3.8) is 0 Å². The summed E-state index contributed by atoms with van der Waals surface area (Å²) in [5.74, 6) is 2.13. The molecule has 0 aliphatic rings. The Morgan fingerprint density at radius 3 is 2.86 bits per heavy atom. The van der Waals surface area contributed by atoms with Crippen molar-refractivity contribution >= 4 is 5.69 Å². The largest absolute Gasteiger partial charge is 0.502 e. The number of rotatable bonds is 3. The van der Waals surface area contributed by atoms with Gasteiger partial charge in [-0.3, -0.25) is 10.1 Å². The van der Waals surface area contributed by atoms with Crippen LogP contribution in [0.5, 0.6) is 5.75 Å². The standard InChI is InChI=1S/C10H9NO3/c1-2-3-4-8-5-6-10(12)9(7-8)11(13)14/h1,5-7,12H,3-4H2. The van der Waals surface area contributed by atoms with Gasteiger partial charge in [0, 0.05) is 12.5 Å². The predicted octanol–water partition coefficient (Wildman–Crippen LogP) is 1.87. The second-order valence-electron chi connectivity index (χ2n) is 2.78. The van der Waals surface area contributed by atoms with Crippen molar-refractivity contribution in [2.45, 2.75) is 12.8 Å². The first kappa shape index (κ1) is 10.1. The Hall–Kier alpha value is -2.02. The summed E-state index contributed by atoms with van der Waals surface area (Å²) in [7, 11) is 0. The van der Waals surface area contributed by atoms with Gasteiger partial charge < -0.3 is 5.11 Å². The predicted molar refractivity (Wildman–Crippen MR) is 51.9 cm³/mol. The lowest BCUT2D eigenvalue weighted by atomic mass is 10.1. The van der Waals surface area contributed by atoms with E-state index >= 15 is 0 Å². The fourth-order valence-electron chi connectivity index (χ4n) is 1.09. The molecule has 0 saturated carbocycles. The van der Waals surface area contributed by atoms with Crippen LogP contribution in [0.1, 0.15) is 12.0 Å². The fraction of sp³-hybridized carbons (Fsp3) is 0.200. The normalized spacial score (nSPS) is 9.36. The summed E-state index contributed by atoms with van der Waals surface area (Å²) < 4.78 is 0. The topological polar surface area (TPSA) is 63.4 Å². The van der Waals surface area contributed by atoms with Crippen molar-refractivity contribution in [3.05, 3.63) is 33.9 Å². The molecule has 1 aromatic carbocycles. The monoisotopic (exact) mass is 191 g/mol. The Morgan fingerprint density at radius 2 is 2.29 bits per heavy atom. The van der Waals surface area contributed by atoms with Gasteiger partial charge in [0.05, 0.1) is 4.92 Å². The highest BCUT2D eigenvalue weighted by Gasteiger charge is 2.12. The molecule has 0 aromatic heterocycles. The van der Waals surface area contributed by atoms with E-state index in [2.05, 4.69) is 5.92 Å². The van der Waals surface area contributed by atoms with Crippen molar-refractivity contribution in [1.29, 1.82) is 0 Å². The van der Waals surface area contributed by atoms with Gasteiger partial charge in [-0.15, -0.1) is 12.3 Å². The van der Waals surface area contributed by atoms with E-state index in [4.69, 9.17) is 11.5 Å². The smallest absolute Gasteiger partial charge is 0.310 e. The summed E-state index contributed by atoms with van der Waals surface area (Å²) in [4.78, 5) is 9.84. The zero-order valence-corrected chi connectivity index (χ0v) is 7.43. The van der Waals surface area contributed by atoms with Gasteiger partial charge in [-0.05, 0) is 18.1 Å². The maximum absolute atomic E-state index is 10.5. The van der Waals surface area contributed by atoms with Crippen molar-refractivity contribution in [2.24, 2.45) is 0 Å². The molecule has 4 heteroatoms. The average molecular weight is 191 g/mol. The van der Waals surface area contributed by atoms with Crippen LogP contribution in [0.3, 0.4) is 0 Å². The minimum Gasteiger partial charge on any atom is -0.502 e. The molecule has 0 spiro atoms. The lowest BCUT2D eigenvalue weighted by Crippen LogP contribution is -1.91. The number of nitrogens with zero attached hydrogens (tertiary/aromatic N) is 1. The summed E-state index contributed by atoms with van der Waals surface area (Å²) >= 11 is 0. The van der Waals surface area contributed by atoms with Crippen LogP contribution in [0, 0.1) is 22.5 Å². The fourth-order valence-corrected chi connectivity index (χ4v) is 1.09. The van der Waals surface area contributed by atoms with Crippen LogP contribution in [-0.4, -0.2) is 10.0 Å². The van der Waals surface area contributed by atoms with E-state index in [0.717, 1.165) is 5.56 Å². The highest BCUT2D eigenvalue weighted by atomic mass is 16.6. The molecule has 14 heavy (non-hydrogen) atoms. The van der Waals surface area contributed by atoms with Gasteiger partial charge in [0.15, 0.2) is 5.75 Å². The number of aromatic hydroxyl groups is 1. The van der Waals surface area contributed by atoms with E-state index in [-0.39, 0.29) is 11.4 Å². The molecule has 0 unspecified atom stereocenters. The zero-order valence-electron chi connectivity index (χ0n) is 7.43. The third kappa shape index (κ3) is 2.23. The number of benzene rings is 1. The number of nitro groups is 1. The van der Waals surface area contributed by atoms with E-state index in [1.54, 1.807) is 6.07 Å². The molecule has 72 valence electrons. The van der Waals surface area contributed by atoms with Crippen LogP contribution in [-0.2, 0) is 6.42 Å². The van der Waals surface area contributed by atoms with Crippen molar-refractivity contribution in [3.8, 4) is 18.1 Å². The molecule has 1 N–H and O–H groups in total. The number of hydrogen-bond donors (Lipinski definition) is 1. The molecule has 0 atom stereocenters. The molecular weight excluding hydrogens is 182 g/mol. The Kier molecular flexibility index (Phi) is 3.08. The Bertz CT molecular complexity index is 393. The maximum atomic E-state index is 10.5. The summed E-state index contributed by atoms with van der Waals surface area (Å²) in [5.41, 5.74) is 0.479. The molecule has 0 aliphatic heterocycles. The SMILES string of the molecule is C#CCCc1ccc(O)c([N+](=O)[O-])c1. The van der Waals surface area contributed by atoms with Crippen LogP contribution in [0.25, 0.3) is 0 Å². The molecule has 0 bridgehead atoms. The minimum atomic E-state index is -0.616. The molecule has 0 saturated heterocycles. The van der Waals surface area contributed by atoms with E-state index in [1.807, 2.05) is 0 Å². The van der Waals surface area contributed by atoms with Gasteiger partial charge in [-0.1, -0.05) is 6.07 Å². The number of terminal acetylenes is 1. The first-order valence-electron chi connectivity index (χ1n) is 4.05. The third-order valence-corrected chi connectivity index (χ3v) is 1.79. The first-order chi connectivity index (χ1) is 6.65. The second-order valence-corrected chi connectivity index (χ2v) is 2.78. The van der Waals surface area contributed by atoms with Gasteiger partial charge in [-0.2, -0.15) is 0 Å². The number of hydrogen-bond acceptors (Lipinski definition) is 3. The van der Waals surface area contributed by atoms with E-state index in [9.17, 15) is 10.1 Å².